The van der Waals surface area contributed by atoms with E-state index in [-0.39, 0.29) is 53.5 Å². The maximum atomic E-state index is 12.5. The summed E-state index contributed by atoms with van der Waals surface area (Å²) in [5, 5.41) is 0.336. The molecule has 0 radical (unpaired) electrons. The molecule has 0 atom stereocenters. The second-order valence-electron chi connectivity index (χ2n) is 6.47. The minimum atomic E-state index is -0.900. The lowest BCUT2D eigenvalue weighted by Crippen LogP contribution is -2.13. The first kappa shape index (κ1) is 21.8. The molecule has 0 saturated carbocycles. The number of para-hydroxylation sites is 1. The highest BCUT2D eigenvalue weighted by Crippen LogP contribution is 2.22. The van der Waals surface area contributed by atoms with Crippen LogP contribution in [-0.4, -0.2) is 36.1 Å². The normalized spacial score (nSPS) is 10.7. The maximum Gasteiger partial charge on any atom is 0.374 e. The van der Waals surface area contributed by atoms with Crippen LogP contribution in [0.3, 0.4) is 0 Å². The van der Waals surface area contributed by atoms with E-state index in [0.29, 0.717) is 10.9 Å². The number of hydrogen-bond donors (Lipinski definition) is 1. The predicted molar refractivity (Wildman–Crippen MR) is 109 cm³/mol. The molecule has 0 amide bonds. The highest BCUT2D eigenvalue weighted by atomic mass is 16.5. The summed E-state index contributed by atoms with van der Waals surface area (Å²) >= 11 is 0. The third kappa shape index (κ3) is 4.50. The molecule has 1 N–H and O–H groups in total. The minimum Gasteiger partial charge on any atom is -0.462 e. The van der Waals surface area contributed by atoms with Crippen LogP contribution in [0, 0.1) is 6.92 Å². The topological polar surface area (TPSA) is 125 Å². The second kappa shape index (κ2) is 9.29. The van der Waals surface area contributed by atoms with Crippen molar-refractivity contribution >= 4 is 28.9 Å². The summed E-state index contributed by atoms with van der Waals surface area (Å²) in [7, 11) is 0. The van der Waals surface area contributed by atoms with Crippen LogP contribution >= 0.6 is 0 Å². The summed E-state index contributed by atoms with van der Waals surface area (Å²) < 4.78 is 20.7. The SMILES string of the molecule is CCOC(=O)c1[nH]c(COC(=O)c2cc(=O)c3ccccc3o2)c(C(=O)OCC)c1C. The van der Waals surface area contributed by atoms with E-state index in [9.17, 15) is 19.2 Å². The number of aromatic nitrogens is 1. The number of rotatable bonds is 7. The molecular formula is C22H21NO8. The van der Waals surface area contributed by atoms with E-state index < -0.39 is 17.9 Å². The quantitative estimate of drug-likeness (QED) is 0.450. The number of carbonyl (C=O) groups is 3. The third-order valence-corrected chi connectivity index (χ3v) is 4.47. The van der Waals surface area contributed by atoms with Crippen molar-refractivity contribution in [2.75, 3.05) is 13.2 Å². The summed E-state index contributed by atoms with van der Waals surface area (Å²) in [6.45, 7) is 4.75. The smallest absolute Gasteiger partial charge is 0.374 e. The van der Waals surface area contributed by atoms with Gasteiger partial charge in [0.2, 0.25) is 5.76 Å². The molecule has 2 aromatic heterocycles. The number of fused-ring (bicyclic) bond motifs is 1. The standard InChI is InChI=1S/C22H21NO8/c1-4-28-21(26)18-12(3)19(22(27)29-5-2)23-14(18)11-30-20(25)17-10-15(24)13-8-6-7-9-16(13)31-17/h6-10,23H,4-5,11H2,1-3H3. The lowest BCUT2D eigenvalue weighted by atomic mass is 10.1. The highest BCUT2D eigenvalue weighted by Gasteiger charge is 2.26. The van der Waals surface area contributed by atoms with Crippen LogP contribution < -0.4 is 5.43 Å². The van der Waals surface area contributed by atoms with E-state index in [4.69, 9.17) is 18.6 Å². The molecule has 2 heterocycles. The molecule has 0 spiro atoms. The second-order valence-corrected chi connectivity index (χ2v) is 6.47. The van der Waals surface area contributed by atoms with Crippen molar-refractivity contribution in [2.24, 2.45) is 0 Å². The molecule has 31 heavy (non-hydrogen) atoms. The first-order chi connectivity index (χ1) is 14.9. The Hall–Kier alpha value is -3.88. The van der Waals surface area contributed by atoms with E-state index in [1.807, 2.05) is 0 Å². The summed E-state index contributed by atoms with van der Waals surface area (Å²) in [5.74, 6) is -2.50. The number of esters is 3. The molecular weight excluding hydrogens is 406 g/mol. The Morgan fingerprint density at radius 2 is 1.65 bits per heavy atom. The van der Waals surface area contributed by atoms with Gasteiger partial charge in [0.15, 0.2) is 5.43 Å². The van der Waals surface area contributed by atoms with Gasteiger partial charge in [0, 0.05) is 6.07 Å². The minimum absolute atomic E-state index is 0.0631. The number of aromatic amines is 1. The molecule has 0 aliphatic heterocycles. The number of hydrogen-bond acceptors (Lipinski definition) is 8. The molecule has 0 aliphatic rings. The van der Waals surface area contributed by atoms with E-state index in [1.165, 1.54) is 0 Å². The summed E-state index contributed by atoms with van der Waals surface area (Å²) in [5.41, 5.74) is 0.484. The Morgan fingerprint density at radius 3 is 2.35 bits per heavy atom. The molecule has 0 aliphatic carbocycles. The van der Waals surface area contributed by atoms with Crippen molar-refractivity contribution < 1.29 is 33.0 Å². The molecule has 0 bridgehead atoms. The molecule has 0 unspecified atom stereocenters. The molecule has 0 saturated heterocycles. The van der Waals surface area contributed by atoms with E-state index in [1.54, 1.807) is 45.0 Å². The van der Waals surface area contributed by atoms with Crippen LogP contribution in [0.1, 0.15) is 56.5 Å². The van der Waals surface area contributed by atoms with Crippen molar-refractivity contribution in [3.63, 3.8) is 0 Å². The van der Waals surface area contributed by atoms with Gasteiger partial charge in [0.25, 0.3) is 0 Å². The number of ether oxygens (including phenoxy) is 3. The maximum absolute atomic E-state index is 12.5. The highest BCUT2D eigenvalue weighted by molar-refractivity contribution is 5.98. The molecule has 3 rings (SSSR count). The van der Waals surface area contributed by atoms with Crippen LogP contribution in [0.5, 0.6) is 0 Å². The number of nitrogens with one attached hydrogen (secondary N) is 1. The Morgan fingerprint density at radius 1 is 0.968 bits per heavy atom. The van der Waals surface area contributed by atoms with E-state index in [2.05, 4.69) is 4.98 Å². The number of benzene rings is 1. The van der Waals surface area contributed by atoms with Gasteiger partial charge in [-0.1, -0.05) is 12.1 Å². The van der Waals surface area contributed by atoms with Gasteiger partial charge in [0.05, 0.1) is 29.9 Å². The van der Waals surface area contributed by atoms with Crippen LogP contribution in [0.2, 0.25) is 0 Å². The zero-order valence-electron chi connectivity index (χ0n) is 17.3. The average molecular weight is 427 g/mol. The molecule has 1 aromatic carbocycles. The van der Waals surface area contributed by atoms with E-state index >= 15 is 0 Å². The Kier molecular flexibility index (Phi) is 6.54. The number of H-pyrrole nitrogens is 1. The van der Waals surface area contributed by atoms with Crippen LogP contribution in [-0.2, 0) is 20.8 Å². The predicted octanol–water partition coefficient (Wildman–Crippen LogP) is 3.14. The van der Waals surface area contributed by atoms with Crippen molar-refractivity contribution in [1.29, 1.82) is 0 Å². The van der Waals surface area contributed by atoms with Crippen molar-refractivity contribution in [1.82, 2.24) is 4.98 Å². The van der Waals surface area contributed by atoms with Gasteiger partial charge < -0.3 is 23.6 Å². The van der Waals surface area contributed by atoms with Gasteiger partial charge in [-0.25, -0.2) is 14.4 Å². The zero-order valence-corrected chi connectivity index (χ0v) is 17.3. The molecule has 0 fully saturated rings. The van der Waals surface area contributed by atoms with E-state index in [0.717, 1.165) is 6.07 Å². The monoisotopic (exact) mass is 427 g/mol. The molecule has 162 valence electrons. The molecule has 9 heteroatoms. The first-order valence-electron chi connectivity index (χ1n) is 9.63. The Bertz CT molecular complexity index is 1200. The van der Waals surface area contributed by atoms with Crippen molar-refractivity contribution in [2.45, 2.75) is 27.4 Å². The van der Waals surface area contributed by atoms with Crippen molar-refractivity contribution in [3.8, 4) is 0 Å². The Labute approximate surface area is 176 Å². The van der Waals surface area contributed by atoms with Crippen molar-refractivity contribution in [3.05, 3.63) is 68.8 Å². The zero-order chi connectivity index (χ0) is 22.5. The summed E-state index contributed by atoms with van der Waals surface area (Å²) in [4.78, 5) is 52.0. The summed E-state index contributed by atoms with van der Waals surface area (Å²) in [6.07, 6.45) is 0. The van der Waals surface area contributed by atoms with Gasteiger partial charge >= 0.3 is 17.9 Å². The van der Waals surface area contributed by atoms with Crippen LogP contribution in [0.15, 0.2) is 39.5 Å². The Balaban J connectivity index is 1.88. The third-order valence-electron chi connectivity index (χ3n) is 4.47. The fourth-order valence-electron chi connectivity index (χ4n) is 3.07. The van der Waals surface area contributed by atoms with Gasteiger partial charge in [-0.05, 0) is 38.5 Å². The lowest BCUT2D eigenvalue weighted by molar-refractivity contribution is 0.0416. The fraction of sp³-hybridized carbons (Fsp3) is 0.273. The molecule has 9 nitrogen and oxygen atoms in total. The fourth-order valence-corrected chi connectivity index (χ4v) is 3.07. The van der Waals surface area contributed by atoms with Gasteiger partial charge in [-0.2, -0.15) is 0 Å². The van der Waals surface area contributed by atoms with Gasteiger partial charge in [-0.3, -0.25) is 4.79 Å². The lowest BCUT2D eigenvalue weighted by Gasteiger charge is -2.07. The van der Waals surface area contributed by atoms with Gasteiger partial charge in [0.1, 0.15) is 17.9 Å². The summed E-state index contributed by atoms with van der Waals surface area (Å²) in [6, 6.07) is 7.54. The molecule has 3 aromatic rings. The van der Waals surface area contributed by atoms with Crippen LogP contribution in [0.4, 0.5) is 0 Å². The van der Waals surface area contributed by atoms with Gasteiger partial charge in [-0.15, -0.1) is 0 Å². The first-order valence-corrected chi connectivity index (χ1v) is 9.63. The average Bonchev–Trinajstić information content (AvgIpc) is 3.08. The number of carbonyl (C=O) groups excluding carboxylic acids is 3. The van der Waals surface area contributed by atoms with Crippen LogP contribution in [0.25, 0.3) is 11.0 Å². The largest absolute Gasteiger partial charge is 0.462 e.